The Bertz CT molecular complexity index is 481. The van der Waals surface area contributed by atoms with Crippen LogP contribution >= 0.6 is 0 Å². The summed E-state index contributed by atoms with van der Waals surface area (Å²) < 4.78 is 5.95. The van der Waals surface area contributed by atoms with E-state index >= 15 is 0 Å². The van der Waals surface area contributed by atoms with Gasteiger partial charge in [0.25, 0.3) is 0 Å². The molecule has 0 radical (unpaired) electrons. The first-order valence-electron chi connectivity index (χ1n) is 10.2. The fourth-order valence-corrected chi connectivity index (χ4v) is 19.0. The average Bonchev–Trinajstić information content (AvgIpc) is 2.66. The SMILES string of the molecule is C/C=C/C=C1\NC=[C]([Sn]([CH2]CCC)([CH2]CCC)[CH2]CCC)NC1=NC. The van der Waals surface area contributed by atoms with Crippen molar-refractivity contribution in [1.82, 2.24) is 10.6 Å². The topological polar surface area (TPSA) is 36.4 Å². The Balaban J connectivity index is 3.16. The second-order valence-electron chi connectivity index (χ2n) is 7.10. The number of unbranched alkanes of at least 4 members (excludes halogenated alkanes) is 3. The minimum absolute atomic E-state index is 1.00. The van der Waals surface area contributed by atoms with Gasteiger partial charge in [-0.05, 0) is 0 Å². The van der Waals surface area contributed by atoms with Crippen LogP contribution in [0.4, 0.5) is 0 Å². The molecule has 0 aromatic heterocycles. The molecule has 0 amide bonds. The van der Waals surface area contributed by atoms with Crippen molar-refractivity contribution < 1.29 is 0 Å². The summed E-state index contributed by atoms with van der Waals surface area (Å²) in [5.74, 6) is 1.00. The number of amidine groups is 1. The van der Waals surface area contributed by atoms with Crippen molar-refractivity contribution in [2.75, 3.05) is 7.05 Å². The van der Waals surface area contributed by atoms with E-state index in [0.717, 1.165) is 11.5 Å². The van der Waals surface area contributed by atoms with Crippen LogP contribution < -0.4 is 10.6 Å². The van der Waals surface area contributed by atoms with Crippen LogP contribution in [0.3, 0.4) is 0 Å². The van der Waals surface area contributed by atoms with E-state index in [1.807, 2.05) is 14.0 Å². The first kappa shape index (κ1) is 22.3. The van der Waals surface area contributed by atoms with Crippen molar-refractivity contribution in [2.24, 2.45) is 4.99 Å². The van der Waals surface area contributed by atoms with Gasteiger partial charge in [-0.2, -0.15) is 0 Å². The molecule has 0 atom stereocenters. The van der Waals surface area contributed by atoms with Crippen molar-refractivity contribution in [2.45, 2.75) is 79.5 Å². The van der Waals surface area contributed by atoms with Crippen LogP contribution in [0, 0.1) is 0 Å². The molecule has 142 valence electrons. The number of rotatable bonds is 11. The summed E-state index contributed by atoms with van der Waals surface area (Å²) in [5, 5.41) is 7.32. The van der Waals surface area contributed by atoms with Crippen LogP contribution in [-0.2, 0) is 0 Å². The molecule has 3 nitrogen and oxygen atoms in total. The quantitative estimate of drug-likeness (QED) is 0.383. The molecule has 1 aliphatic rings. The Labute approximate surface area is 160 Å². The van der Waals surface area contributed by atoms with Crippen molar-refractivity contribution >= 4 is 24.2 Å². The van der Waals surface area contributed by atoms with E-state index in [1.165, 1.54) is 51.8 Å². The molecule has 0 bridgehead atoms. The molecule has 2 N–H and O–H groups in total. The Hall–Kier alpha value is -0.711. The van der Waals surface area contributed by atoms with Gasteiger partial charge in [-0.25, -0.2) is 0 Å². The van der Waals surface area contributed by atoms with E-state index in [9.17, 15) is 0 Å². The van der Waals surface area contributed by atoms with E-state index in [1.54, 1.807) is 3.71 Å². The third-order valence-electron chi connectivity index (χ3n) is 5.16. The van der Waals surface area contributed by atoms with Crippen LogP contribution in [0.2, 0.25) is 13.3 Å². The van der Waals surface area contributed by atoms with Gasteiger partial charge in [-0.15, -0.1) is 0 Å². The first-order chi connectivity index (χ1) is 12.2. The first-order valence-corrected chi connectivity index (χ1v) is 17.7. The summed E-state index contributed by atoms with van der Waals surface area (Å²) >= 11 is -2.42. The molecule has 25 heavy (non-hydrogen) atoms. The van der Waals surface area contributed by atoms with Crippen LogP contribution in [0.15, 0.2) is 38.8 Å². The van der Waals surface area contributed by atoms with Gasteiger partial charge in [-0.3, -0.25) is 0 Å². The number of nitrogens with zero attached hydrogens (tertiary/aromatic N) is 1. The second-order valence-corrected chi connectivity index (χ2v) is 20.2. The molecular formula is C21H39N3Sn. The monoisotopic (exact) mass is 453 g/mol. The van der Waals surface area contributed by atoms with Gasteiger partial charge >= 0.3 is 160 Å². The number of hydrogen-bond donors (Lipinski definition) is 2. The molecule has 0 fully saturated rings. The van der Waals surface area contributed by atoms with Crippen molar-refractivity contribution in [3.63, 3.8) is 0 Å². The van der Waals surface area contributed by atoms with Crippen LogP contribution in [0.5, 0.6) is 0 Å². The molecule has 1 heterocycles. The van der Waals surface area contributed by atoms with Crippen molar-refractivity contribution in [1.29, 1.82) is 0 Å². The third-order valence-corrected chi connectivity index (χ3v) is 20.4. The maximum atomic E-state index is 4.52. The van der Waals surface area contributed by atoms with Gasteiger partial charge in [0.05, 0.1) is 0 Å². The van der Waals surface area contributed by atoms with Crippen LogP contribution in [0.1, 0.15) is 66.2 Å². The van der Waals surface area contributed by atoms with Gasteiger partial charge in [0.2, 0.25) is 0 Å². The van der Waals surface area contributed by atoms with E-state index in [2.05, 4.69) is 60.8 Å². The molecule has 1 rings (SSSR count). The zero-order valence-electron chi connectivity index (χ0n) is 17.1. The Morgan fingerprint density at radius 3 is 2.00 bits per heavy atom. The average molecular weight is 452 g/mol. The van der Waals surface area contributed by atoms with Gasteiger partial charge in [-0.1, -0.05) is 0 Å². The molecule has 0 aromatic rings. The third kappa shape index (κ3) is 6.84. The van der Waals surface area contributed by atoms with Gasteiger partial charge in [0.1, 0.15) is 0 Å². The number of nitrogens with one attached hydrogen (secondary N) is 2. The van der Waals surface area contributed by atoms with Crippen molar-refractivity contribution in [3.8, 4) is 0 Å². The van der Waals surface area contributed by atoms with E-state index < -0.39 is 18.4 Å². The summed E-state index contributed by atoms with van der Waals surface area (Å²) in [6.07, 6.45) is 16.6. The minimum atomic E-state index is -2.42. The molecule has 4 heteroatoms. The second kappa shape index (κ2) is 12.6. The molecule has 0 saturated carbocycles. The zero-order valence-corrected chi connectivity index (χ0v) is 20.0. The Kier molecular flexibility index (Phi) is 11.3. The number of hydrogen-bond acceptors (Lipinski definition) is 2. The van der Waals surface area contributed by atoms with E-state index in [0.29, 0.717) is 0 Å². The molecule has 0 aromatic carbocycles. The molecule has 1 aliphatic heterocycles. The standard InChI is InChI=1S/C9H12N3.3C4H9.Sn/c1-3-4-5-8-9(10-2)12-7-6-11-8;3*1-3-4-2;/h3-6,11H,1-2H3,(H,10,12);3*1,3-4H2,2H3;/b4-3+,8-5-;;;;. The summed E-state index contributed by atoms with van der Waals surface area (Å²) in [4.78, 5) is 4.52. The molecule has 0 saturated heterocycles. The normalized spacial score (nSPS) is 18.5. The van der Waals surface area contributed by atoms with Gasteiger partial charge in [0, 0.05) is 0 Å². The number of allylic oxidation sites excluding steroid dienone is 3. The predicted octanol–water partition coefficient (Wildman–Crippen LogP) is 5.90. The van der Waals surface area contributed by atoms with E-state index in [4.69, 9.17) is 0 Å². The van der Waals surface area contributed by atoms with Crippen molar-refractivity contribution in [3.05, 3.63) is 33.8 Å². The summed E-state index contributed by atoms with van der Waals surface area (Å²) in [5.41, 5.74) is 1.08. The van der Waals surface area contributed by atoms with Crippen LogP contribution in [0.25, 0.3) is 0 Å². The molecular weight excluding hydrogens is 413 g/mol. The zero-order chi connectivity index (χ0) is 18.5. The Morgan fingerprint density at radius 1 is 1.00 bits per heavy atom. The molecule has 0 aliphatic carbocycles. The fraction of sp³-hybridized carbons (Fsp3) is 0.667. The predicted molar refractivity (Wildman–Crippen MR) is 116 cm³/mol. The van der Waals surface area contributed by atoms with Gasteiger partial charge in [0.15, 0.2) is 0 Å². The van der Waals surface area contributed by atoms with E-state index in [-0.39, 0.29) is 0 Å². The summed E-state index contributed by atoms with van der Waals surface area (Å²) in [6, 6.07) is 0. The molecule has 0 spiro atoms. The fourth-order valence-electron chi connectivity index (χ4n) is 3.56. The summed E-state index contributed by atoms with van der Waals surface area (Å²) in [7, 11) is 1.89. The maximum absolute atomic E-state index is 4.52. The van der Waals surface area contributed by atoms with Gasteiger partial charge < -0.3 is 0 Å². The van der Waals surface area contributed by atoms with Crippen LogP contribution in [-0.4, -0.2) is 31.3 Å². The Morgan fingerprint density at radius 2 is 1.56 bits per heavy atom. The summed E-state index contributed by atoms with van der Waals surface area (Å²) in [6.45, 7) is 9.02. The number of aliphatic imine (C=N–C) groups is 1. The molecule has 0 unspecified atom stereocenters.